The zero-order valence-electron chi connectivity index (χ0n) is 10.9. The summed E-state index contributed by atoms with van der Waals surface area (Å²) in [7, 11) is 0. The van der Waals surface area contributed by atoms with Crippen LogP contribution < -0.4 is 0 Å². The molecule has 0 aromatic rings. The third-order valence-electron chi connectivity index (χ3n) is 4.22. The van der Waals surface area contributed by atoms with Crippen molar-refractivity contribution >= 4 is 5.97 Å². The minimum absolute atomic E-state index is 0.121. The maximum atomic E-state index is 11.4. The Balaban J connectivity index is 2.06. The number of allylic oxidation sites excluding steroid dienone is 2. The number of carbonyl (C=O) groups excluding carboxylic acids is 1. The fourth-order valence-electron chi connectivity index (χ4n) is 3.05. The van der Waals surface area contributed by atoms with E-state index in [0.29, 0.717) is 17.9 Å². The van der Waals surface area contributed by atoms with Gasteiger partial charge in [0.15, 0.2) is 0 Å². The van der Waals surface area contributed by atoms with Crippen molar-refractivity contribution in [1.29, 1.82) is 0 Å². The van der Waals surface area contributed by atoms with E-state index in [2.05, 4.69) is 26.5 Å². The molecule has 94 valence electrons. The van der Waals surface area contributed by atoms with Crippen molar-refractivity contribution in [3.63, 3.8) is 0 Å². The van der Waals surface area contributed by atoms with Gasteiger partial charge in [-0.25, -0.2) is 4.79 Å². The van der Waals surface area contributed by atoms with E-state index in [4.69, 9.17) is 4.74 Å². The lowest BCUT2D eigenvalue weighted by molar-refractivity contribution is -0.135. The summed E-state index contributed by atoms with van der Waals surface area (Å²) in [5.74, 6) is 0.390. The minimum atomic E-state index is -0.121. The third kappa shape index (κ3) is 2.62. The van der Waals surface area contributed by atoms with Gasteiger partial charge in [-0.2, -0.15) is 0 Å². The molecule has 2 fully saturated rings. The van der Waals surface area contributed by atoms with Gasteiger partial charge in [0, 0.05) is 12.0 Å². The highest BCUT2D eigenvalue weighted by Crippen LogP contribution is 2.45. The van der Waals surface area contributed by atoms with Crippen LogP contribution in [0.2, 0.25) is 0 Å². The maximum absolute atomic E-state index is 11.4. The molecule has 1 saturated carbocycles. The van der Waals surface area contributed by atoms with Crippen LogP contribution in [-0.2, 0) is 9.53 Å². The molecule has 0 aromatic heterocycles. The predicted octanol–water partition coefficient (Wildman–Crippen LogP) is 3.63. The van der Waals surface area contributed by atoms with E-state index in [1.807, 2.05) is 0 Å². The first-order valence-electron chi connectivity index (χ1n) is 6.54. The summed E-state index contributed by atoms with van der Waals surface area (Å²) in [6.07, 6.45) is 7.44. The lowest BCUT2D eigenvalue weighted by Gasteiger charge is -2.40. The van der Waals surface area contributed by atoms with Crippen LogP contribution in [0.4, 0.5) is 0 Å². The highest BCUT2D eigenvalue weighted by atomic mass is 16.5. The summed E-state index contributed by atoms with van der Waals surface area (Å²) in [4.78, 5) is 11.4. The number of cyclic esters (lactones) is 1. The van der Waals surface area contributed by atoms with Crippen molar-refractivity contribution in [2.45, 2.75) is 46.0 Å². The summed E-state index contributed by atoms with van der Waals surface area (Å²) in [6, 6.07) is 0. The molecule has 0 spiro atoms. The average Bonchev–Trinajstić information content (AvgIpc) is 2.63. The number of rotatable bonds is 2. The van der Waals surface area contributed by atoms with Crippen LogP contribution in [0.5, 0.6) is 0 Å². The quantitative estimate of drug-likeness (QED) is 0.414. The van der Waals surface area contributed by atoms with Gasteiger partial charge < -0.3 is 4.74 Å². The number of esters is 1. The molecule has 2 nitrogen and oxygen atoms in total. The van der Waals surface area contributed by atoms with Gasteiger partial charge in [-0.15, -0.1) is 0 Å². The lowest BCUT2D eigenvalue weighted by atomic mass is 9.65. The van der Waals surface area contributed by atoms with Crippen molar-refractivity contribution < 1.29 is 9.53 Å². The van der Waals surface area contributed by atoms with Gasteiger partial charge in [-0.3, -0.25) is 0 Å². The zero-order chi connectivity index (χ0) is 12.5. The zero-order valence-corrected chi connectivity index (χ0v) is 10.9. The highest BCUT2D eigenvalue weighted by molar-refractivity contribution is 5.90. The molecule has 1 unspecified atom stereocenters. The average molecular weight is 234 g/mol. The molecule has 1 atom stereocenters. The van der Waals surface area contributed by atoms with Crippen molar-refractivity contribution in [2.75, 3.05) is 6.61 Å². The van der Waals surface area contributed by atoms with Crippen LogP contribution in [0.15, 0.2) is 23.8 Å². The maximum Gasteiger partial charge on any atom is 0.333 e. The van der Waals surface area contributed by atoms with Crippen molar-refractivity contribution in [1.82, 2.24) is 0 Å². The molecular weight excluding hydrogens is 212 g/mol. The summed E-state index contributed by atoms with van der Waals surface area (Å²) in [6.45, 7) is 9.39. The summed E-state index contributed by atoms with van der Waals surface area (Å²) in [5, 5.41) is 0. The Labute approximate surface area is 104 Å². The van der Waals surface area contributed by atoms with Gasteiger partial charge in [-0.05, 0) is 37.0 Å². The Morgan fingerprint density at radius 2 is 2.24 bits per heavy atom. The highest BCUT2D eigenvalue weighted by Gasteiger charge is 2.34. The molecule has 2 aliphatic rings. The van der Waals surface area contributed by atoms with Gasteiger partial charge >= 0.3 is 5.97 Å². The Kier molecular flexibility index (Phi) is 3.41. The Morgan fingerprint density at radius 3 is 2.82 bits per heavy atom. The third-order valence-corrected chi connectivity index (χ3v) is 4.22. The fraction of sp³-hybridized carbons (Fsp3) is 0.667. The van der Waals surface area contributed by atoms with Gasteiger partial charge in [-0.1, -0.05) is 32.1 Å². The van der Waals surface area contributed by atoms with Gasteiger partial charge in [0.2, 0.25) is 0 Å². The molecule has 1 aliphatic carbocycles. The minimum Gasteiger partial charge on any atom is -0.462 e. The molecular formula is C15H22O2. The van der Waals surface area contributed by atoms with E-state index < -0.39 is 0 Å². The fourth-order valence-corrected chi connectivity index (χ4v) is 3.05. The standard InChI is InChI=1S/C15H22O2/c1-11-5-4-9-15(2,3)13(11)7-6-12-8-10-17-14(12)16/h6,13H,1,4-5,7-10H2,2-3H3. The number of carbonyl (C=O) groups is 1. The van der Waals surface area contributed by atoms with Crippen LogP contribution in [0.25, 0.3) is 0 Å². The van der Waals surface area contributed by atoms with Crippen molar-refractivity contribution in [3.8, 4) is 0 Å². The molecule has 0 N–H and O–H groups in total. The first kappa shape index (κ1) is 12.4. The van der Waals surface area contributed by atoms with E-state index in [1.54, 1.807) is 0 Å². The second-order valence-electron chi connectivity index (χ2n) is 5.90. The van der Waals surface area contributed by atoms with E-state index in [1.165, 1.54) is 18.4 Å². The van der Waals surface area contributed by atoms with Crippen molar-refractivity contribution in [2.24, 2.45) is 11.3 Å². The second-order valence-corrected chi connectivity index (χ2v) is 5.90. The SMILES string of the molecule is C=C1CCCC(C)(C)C1CC=C1CCOC1=O. The Morgan fingerprint density at radius 1 is 1.47 bits per heavy atom. The topological polar surface area (TPSA) is 26.3 Å². The molecule has 17 heavy (non-hydrogen) atoms. The number of hydrogen-bond acceptors (Lipinski definition) is 2. The van der Waals surface area contributed by atoms with Crippen LogP contribution >= 0.6 is 0 Å². The van der Waals surface area contributed by atoms with Gasteiger partial charge in [0.25, 0.3) is 0 Å². The van der Waals surface area contributed by atoms with Gasteiger partial charge in [0.05, 0.1) is 6.61 Å². The van der Waals surface area contributed by atoms with Gasteiger partial charge in [0.1, 0.15) is 0 Å². The van der Waals surface area contributed by atoms with E-state index in [9.17, 15) is 4.79 Å². The molecule has 0 amide bonds. The number of ether oxygens (including phenoxy) is 1. The second kappa shape index (κ2) is 4.67. The largest absolute Gasteiger partial charge is 0.462 e. The predicted molar refractivity (Wildman–Crippen MR) is 68.5 cm³/mol. The van der Waals surface area contributed by atoms with Crippen LogP contribution in [0.3, 0.4) is 0 Å². The monoisotopic (exact) mass is 234 g/mol. The summed E-state index contributed by atoms with van der Waals surface area (Å²) in [5.41, 5.74) is 2.53. The Hall–Kier alpha value is -1.05. The molecule has 1 heterocycles. The molecule has 0 bridgehead atoms. The smallest absolute Gasteiger partial charge is 0.333 e. The van der Waals surface area contributed by atoms with Crippen LogP contribution in [-0.4, -0.2) is 12.6 Å². The Bertz CT molecular complexity index is 363. The molecule has 2 heteroatoms. The first-order valence-corrected chi connectivity index (χ1v) is 6.54. The van der Waals surface area contributed by atoms with E-state index in [-0.39, 0.29) is 5.97 Å². The molecule has 2 rings (SSSR count). The normalized spacial score (nSPS) is 30.7. The van der Waals surface area contributed by atoms with Crippen LogP contribution in [0.1, 0.15) is 46.0 Å². The van der Waals surface area contributed by atoms with E-state index >= 15 is 0 Å². The van der Waals surface area contributed by atoms with E-state index in [0.717, 1.165) is 24.8 Å². The lowest BCUT2D eigenvalue weighted by Crippen LogP contribution is -2.29. The first-order chi connectivity index (χ1) is 8.00. The summed E-state index contributed by atoms with van der Waals surface area (Å²) >= 11 is 0. The molecule has 0 radical (unpaired) electrons. The molecule has 0 aromatic carbocycles. The molecule has 1 aliphatic heterocycles. The van der Waals surface area contributed by atoms with Crippen LogP contribution in [0, 0.1) is 11.3 Å². The van der Waals surface area contributed by atoms with Crippen molar-refractivity contribution in [3.05, 3.63) is 23.8 Å². The summed E-state index contributed by atoms with van der Waals surface area (Å²) < 4.78 is 4.95. The molecule has 1 saturated heterocycles. The number of hydrogen-bond donors (Lipinski definition) is 0.